The molecule has 0 amide bonds. The maximum atomic E-state index is 13.3. The van der Waals surface area contributed by atoms with Crippen molar-refractivity contribution in [3.8, 4) is 34.5 Å². The van der Waals surface area contributed by atoms with Gasteiger partial charge in [0.1, 0.15) is 60.9 Å². The Labute approximate surface area is 485 Å². The van der Waals surface area contributed by atoms with Crippen molar-refractivity contribution in [2.24, 2.45) is 28.8 Å². The van der Waals surface area contributed by atoms with E-state index in [1.165, 1.54) is 0 Å². The number of fused-ring (bicyclic) bond motifs is 1. The third-order valence-corrected chi connectivity index (χ3v) is 15.1. The number of carbonyl (C=O) groups is 4. The fourth-order valence-corrected chi connectivity index (χ4v) is 10.2. The lowest BCUT2D eigenvalue weighted by Crippen LogP contribution is -2.28. The third-order valence-electron chi connectivity index (χ3n) is 14.1. The highest BCUT2D eigenvalue weighted by atomic mass is 32.1. The summed E-state index contributed by atoms with van der Waals surface area (Å²) in [6, 6.07) is 27.9. The minimum absolute atomic E-state index is 0.142. The fraction of sp³-hybridized carbons (Fsp3) is 0.469. The second-order valence-corrected chi connectivity index (χ2v) is 21.7. The first-order chi connectivity index (χ1) is 39.9. The normalized spacial score (nSPS) is 16.9. The molecular formula is C64H79N3O14S. The second kappa shape index (κ2) is 33.6. The first kappa shape index (κ1) is 62.3. The molecule has 1 aromatic heterocycles. The zero-order valence-electron chi connectivity index (χ0n) is 47.7. The lowest BCUT2D eigenvalue weighted by atomic mass is 9.82. The molecule has 0 unspecified atom stereocenters. The van der Waals surface area contributed by atoms with Gasteiger partial charge in [-0.15, -0.1) is 0 Å². The third kappa shape index (κ3) is 20.9. The van der Waals surface area contributed by atoms with Gasteiger partial charge in [-0.25, -0.2) is 19.6 Å². The number of aromatic nitrogens is 1. The molecule has 2 fully saturated rings. The number of unbranched alkanes of at least 4 members (excludes halogenated alkanes) is 3. The Morgan fingerprint density at radius 1 is 0.585 bits per heavy atom. The van der Waals surface area contributed by atoms with E-state index in [1.54, 1.807) is 73.7 Å². The first-order valence-corrected chi connectivity index (χ1v) is 29.5. The Bertz CT molecular complexity index is 2820. The summed E-state index contributed by atoms with van der Waals surface area (Å²) in [4.78, 5) is 54.4. The van der Waals surface area contributed by atoms with Crippen molar-refractivity contribution in [3.05, 3.63) is 121 Å². The van der Waals surface area contributed by atoms with Gasteiger partial charge in [0, 0.05) is 23.3 Å². The van der Waals surface area contributed by atoms with Gasteiger partial charge in [0.2, 0.25) is 5.13 Å². The lowest BCUT2D eigenvalue weighted by molar-refractivity contribution is -0.141. The molecule has 4 aromatic carbocycles. The number of para-hydroxylation sites is 1. The molecule has 82 heavy (non-hydrogen) atoms. The number of hydrogen-bond donors (Lipinski definition) is 0. The summed E-state index contributed by atoms with van der Waals surface area (Å²) in [6.07, 6.45) is 12.3. The second-order valence-electron chi connectivity index (χ2n) is 20.7. The van der Waals surface area contributed by atoms with Crippen molar-refractivity contribution in [2.45, 2.75) is 97.8 Å². The average Bonchev–Trinajstić information content (AvgIpc) is 3.98. The minimum atomic E-state index is -0.445. The standard InChI is InChI=1S/C64H79N3O14S/c1-6-7-8-11-32-67(64-66-57-12-9-10-13-59(57)82-64)65-42-51-41-56(78-43-47-14-18-49(19-15-47)62(70)80-54-26-22-52(23-27-54)74-37-33-72-35-39-76-60(68)45(2)3)30-31-58(51)79-44-48-16-20-50(21-17-48)63(71)81-55-28-24-53(25-29-55)75-38-34-73-36-40-77-61(69)46(4)5/h9-10,12-13,22-31,41-42,47-50H,2,4,6-8,11,14-21,32-40,43-44H2,1,3,5H3/b65-42+. The van der Waals surface area contributed by atoms with Crippen LogP contribution in [0.1, 0.15) is 103 Å². The molecule has 17 nitrogen and oxygen atoms in total. The van der Waals surface area contributed by atoms with Crippen molar-refractivity contribution >= 4 is 56.8 Å². The zero-order valence-corrected chi connectivity index (χ0v) is 48.5. The SMILES string of the molecule is C=C(C)C(=O)OCCOCCOc1ccc(OC(=O)C2CCC(COc3ccc(OCC4CCC(C(=O)Oc5ccc(OCCOCCOC(=O)C(=C)C)cc5)CC4)c(/C=N/N(CCCCCC)c4nc5ccccc5s4)c3)CC2)cc1. The highest BCUT2D eigenvalue weighted by Crippen LogP contribution is 2.35. The lowest BCUT2D eigenvalue weighted by Gasteiger charge is -2.28. The van der Waals surface area contributed by atoms with E-state index >= 15 is 0 Å². The van der Waals surface area contributed by atoms with Crippen LogP contribution in [0.3, 0.4) is 0 Å². The minimum Gasteiger partial charge on any atom is -0.493 e. The van der Waals surface area contributed by atoms with Crippen LogP contribution in [-0.2, 0) is 38.1 Å². The van der Waals surface area contributed by atoms with Crippen molar-refractivity contribution in [1.29, 1.82) is 0 Å². The number of carbonyl (C=O) groups excluding carboxylic acids is 4. The molecule has 2 aliphatic rings. The van der Waals surface area contributed by atoms with Crippen LogP contribution in [0.2, 0.25) is 0 Å². The number of rotatable bonds is 34. The van der Waals surface area contributed by atoms with Crippen LogP contribution in [-0.4, -0.2) is 108 Å². The number of benzene rings is 4. The van der Waals surface area contributed by atoms with Crippen LogP contribution < -0.4 is 33.4 Å². The van der Waals surface area contributed by atoms with Crippen LogP contribution in [0, 0.1) is 23.7 Å². The summed E-state index contributed by atoms with van der Waals surface area (Å²) in [6.45, 7) is 16.3. The summed E-state index contributed by atoms with van der Waals surface area (Å²) < 4.78 is 58.2. The summed E-state index contributed by atoms with van der Waals surface area (Å²) >= 11 is 1.63. The van der Waals surface area contributed by atoms with Gasteiger partial charge in [-0.2, -0.15) is 5.10 Å². The number of ether oxygens (including phenoxy) is 10. The molecule has 2 aliphatic carbocycles. The molecule has 5 aromatic rings. The Hall–Kier alpha value is -7.28. The van der Waals surface area contributed by atoms with Gasteiger partial charge in [0.25, 0.3) is 0 Å². The van der Waals surface area contributed by atoms with E-state index in [4.69, 9.17) is 57.5 Å². The highest BCUT2D eigenvalue weighted by Gasteiger charge is 2.30. The summed E-state index contributed by atoms with van der Waals surface area (Å²) in [5.41, 5.74) is 2.41. The molecule has 0 saturated heterocycles. The topological polar surface area (TPSA) is 189 Å². The van der Waals surface area contributed by atoms with Gasteiger partial charge >= 0.3 is 23.9 Å². The smallest absolute Gasteiger partial charge is 0.333 e. The van der Waals surface area contributed by atoms with E-state index < -0.39 is 11.9 Å². The number of nitrogens with zero attached hydrogens (tertiary/aromatic N) is 3. The molecule has 7 rings (SSSR count). The molecule has 0 atom stereocenters. The van der Waals surface area contributed by atoms with E-state index in [0.29, 0.717) is 111 Å². The van der Waals surface area contributed by atoms with Crippen molar-refractivity contribution in [2.75, 3.05) is 77.6 Å². The van der Waals surface area contributed by atoms with Crippen molar-refractivity contribution < 1.29 is 66.5 Å². The Balaban J connectivity index is 0.884. The predicted molar refractivity (Wildman–Crippen MR) is 315 cm³/mol. The van der Waals surface area contributed by atoms with Gasteiger partial charge in [0.05, 0.1) is 67.9 Å². The summed E-state index contributed by atoms with van der Waals surface area (Å²) in [5, 5.41) is 7.90. The molecule has 0 radical (unpaired) electrons. The molecule has 0 N–H and O–H groups in total. The Kier molecular flexibility index (Phi) is 25.5. The van der Waals surface area contributed by atoms with Crippen molar-refractivity contribution in [1.82, 2.24) is 4.98 Å². The van der Waals surface area contributed by atoms with E-state index in [-0.39, 0.29) is 62.0 Å². The number of hydrazone groups is 1. The first-order valence-electron chi connectivity index (χ1n) is 28.7. The quantitative estimate of drug-likeness (QED) is 0.00943. The number of anilines is 1. The molecular weight excluding hydrogens is 1070 g/mol. The molecule has 18 heteroatoms. The van der Waals surface area contributed by atoms with Gasteiger partial charge in [-0.3, -0.25) is 9.59 Å². The highest BCUT2D eigenvalue weighted by molar-refractivity contribution is 7.22. The number of hydrogen-bond acceptors (Lipinski definition) is 18. The van der Waals surface area contributed by atoms with Crippen LogP contribution in [0.4, 0.5) is 5.13 Å². The molecule has 0 spiro atoms. The van der Waals surface area contributed by atoms with Gasteiger partial charge in [-0.05, 0) is 162 Å². The predicted octanol–water partition coefficient (Wildman–Crippen LogP) is 12.3. The van der Waals surface area contributed by atoms with Crippen LogP contribution in [0.5, 0.6) is 34.5 Å². The maximum Gasteiger partial charge on any atom is 0.333 e. The monoisotopic (exact) mass is 1150 g/mol. The Morgan fingerprint density at radius 3 is 1.61 bits per heavy atom. The van der Waals surface area contributed by atoms with E-state index in [0.717, 1.165) is 78.8 Å². The van der Waals surface area contributed by atoms with Gasteiger partial charge in [0.15, 0.2) is 0 Å². The van der Waals surface area contributed by atoms with Crippen LogP contribution >= 0.6 is 11.3 Å². The van der Waals surface area contributed by atoms with E-state index in [9.17, 15) is 19.2 Å². The van der Waals surface area contributed by atoms with E-state index in [1.807, 2.05) is 47.6 Å². The molecule has 440 valence electrons. The molecule has 1 heterocycles. The summed E-state index contributed by atoms with van der Waals surface area (Å²) in [7, 11) is 0. The van der Waals surface area contributed by atoms with Crippen LogP contribution in [0.15, 0.2) is 120 Å². The molecule has 0 aliphatic heterocycles. The Morgan fingerprint density at radius 2 is 1.09 bits per heavy atom. The van der Waals surface area contributed by atoms with Crippen LogP contribution in [0.25, 0.3) is 10.2 Å². The van der Waals surface area contributed by atoms with Crippen molar-refractivity contribution in [3.63, 3.8) is 0 Å². The van der Waals surface area contributed by atoms with E-state index in [2.05, 4.69) is 26.1 Å². The molecule has 2 saturated carbocycles. The molecule has 0 bridgehead atoms. The fourth-order valence-electron chi connectivity index (χ4n) is 9.27. The van der Waals surface area contributed by atoms with Gasteiger partial charge < -0.3 is 47.4 Å². The zero-order chi connectivity index (χ0) is 57.9. The number of esters is 4. The van der Waals surface area contributed by atoms with Gasteiger partial charge in [-0.1, -0.05) is 62.8 Å². The number of thiazole rings is 1. The maximum absolute atomic E-state index is 13.3. The average molecular weight is 1150 g/mol. The largest absolute Gasteiger partial charge is 0.493 e. The summed E-state index contributed by atoms with van der Waals surface area (Å²) in [5.74, 6) is 2.28.